The lowest BCUT2D eigenvalue weighted by atomic mass is 9.82. The van der Waals surface area contributed by atoms with Crippen molar-refractivity contribution in [3.8, 4) is 33.4 Å². The molecule has 0 saturated heterocycles. The van der Waals surface area contributed by atoms with Gasteiger partial charge in [0.15, 0.2) is 0 Å². The van der Waals surface area contributed by atoms with Gasteiger partial charge in [0.05, 0.1) is 0 Å². The summed E-state index contributed by atoms with van der Waals surface area (Å²) < 4.78 is 0. The van der Waals surface area contributed by atoms with E-state index in [1.54, 1.807) is 0 Å². The Bertz CT molecular complexity index is 5160. The monoisotopic (exact) mass is 1210 g/mol. The normalized spacial score (nSPS) is 12.2. The van der Waals surface area contributed by atoms with Crippen molar-refractivity contribution in [2.24, 2.45) is 0 Å². The summed E-state index contributed by atoms with van der Waals surface area (Å²) in [5, 5.41) is 9.71. The van der Waals surface area contributed by atoms with Crippen LogP contribution in [-0.2, 0) is 5.41 Å². The fourth-order valence-corrected chi connectivity index (χ4v) is 14.4. The molecule has 0 atom stereocenters. The molecule has 95 heavy (non-hydrogen) atoms. The SMILES string of the molecule is CC1(C)c2cc(N(c3ccc(-c4ccc(N(c5ccccc5)c5ccc6ccccc6c5)cc4)cc3)c3ccc4ccccc4c3)ccc2-c2ccc(N(c3ccc(-c4ccc(N(c5ccccc5)c5ccc6ccccc6c5)cc4)cc3)c3ccc4ccccc4c3)cc21. The lowest BCUT2D eigenvalue weighted by Crippen LogP contribution is -2.17. The number of rotatable bonds is 14. The maximum Gasteiger partial charge on any atom is 0.0468 e. The zero-order chi connectivity index (χ0) is 63.4. The summed E-state index contributed by atoms with van der Waals surface area (Å²) in [6.07, 6.45) is 0. The second-order valence-corrected chi connectivity index (χ2v) is 25.4. The number of benzene rings is 16. The van der Waals surface area contributed by atoms with Crippen molar-refractivity contribution in [3.63, 3.8) is 0 Å². The summed E-state index contributed by atoms with van der Waals surface area (Å²) in [7, 11) is 0. The van der Waals surface area contributed by atoms with Gasteiger partial charge in [-0.1, -0.05) is 232 Å². The number of hydrogen-bond donors (Lipinski definition) is 0. The molecule has 0 aromatic heterocycles. The molecule has 0 amide bonds. The Balaban J connectivity index is 0.691. The van der Waals surface area contributed by atoms with Gasteiger partial charge in [-0.15, -0.1) is 0 Å². The molecule has 0 fully saturated rings. The van der Waals surface area contributed by atoms with E-state index >= 15 is 0 Å². The van der Waals surface area contributed by atoms with Gasteiger partial charge in [0, 0.05) is 73.7 Å². The van der Waals surface area contributed by atoms with Crippen molar-refractivity contribution in [3.05, 3.63) is 375 Å². The van der Waals surface area contributed by atoms with E-state index in [-0.39, 0.29) is 5.41 Å². The highest BCUT2D eigenvalue weighted by Crippen LogP contribution is 2.53. The minimum absolute atomic E-state index is 0.332. The van der Waals surface area contributed by atoms with E-state index in [0.717, 1.165) is 90.5 Å². The Morgan fingerprint density at radius 3 is 0.642 bits per heavy atom. The Morgan fingerprint density at radius 2 is 0.368 bits per heavy atom. The van der Waals surface area contributed by atoms with E-state index in [2.05, 4.69) is 397 Å². The Morgan fingerprint density at radius 1 is 0.168 bits per heavy atom. The Hall–Kier alpha value is -12.2. The molecule has 4 heteroatoms. The van der Waals surface area contributed by atoms with E-state index < -0.39 is 0 Å². The molecule has 0 bridgehead atoms. The van der Waals surface area contributed by atoms with Crippen LogP contribution in [0, 0.1) is 0 Å². The van der Waals surface area contributed by atoms with E-state index in [1.807, 2.05) is 0 Å². The molecule has 0 heterocycles. The van der Waals surface area contributed by atoms with E-state index in [0.29, 0.717) is 0 Å². The molecular formula is C91H66N4. The van der Waals surface area contributed by atoms with Gasteiger partial charge in [-0.25, -0.2) is 0 Å². The smallest absolute Gasteiger partial charge is 0.0468 e. The van der Waals surface area contributed by atoms with Gasteiger partial charge in [0.25, 0.3) is 0 Å². The van der Waals surface area contributed by atoms with Crippen LogP contribution in [0.2, 0.25) is 0 Å². The molecule has 0 radical (unpaired) electrons. The molecule has 16 aromatic rings. The first-order chi connectivity index (χ1) is 46.8. The molecule has 450 valence electrons. The maximum atomic E-state index is 2.44. The van der Waals surface area contributed by atoms with Crippen LogP contribution >= 0.6 is 0 Å². The van der Waals surface area contributed by atoms with E-state index in [9.17, 15) is 0 Å². The summed E-state index contributed by atoms with van der Waals surface area (Å²) in [5.74, 6) is 0. The van der Waals surface area contributed by atoms with Crippen LogP contribution in [0.25, 0.3) is 76.5 Å². The molecule has 1 aliphatic rings. The van der Waals surface area contributed by atoms with Crippen molar-refractivity contribution in [1.29, 1.82) is 0 Å². The lowest BCUT2D eigenvalue weighted by molar-refractivity contribution is 0.660. The van der Waals surface area contributed by atoms with Crippen molar-refractivity contribution >= 4 is 111 Å². The third-order valence-corrected chi connectivity index (χ3v) is 19.3. The number of fused-ring (bicyclic) bond motifs is 7. The zero-order valence-corrected chi connectivity index (χ0v) is 52.9. The number of anilines is 12. The fraction of sp³-hybridized carbons (Fsp3) is 0.0330. The summed E-state index contributed by atoms with van der Waals surface area (Å²) in [6.45, 7) is 4.79. The highest BCUT2D eigenvalue weighted by atomic mass is 15.2. The van der Waals surface area contributed by atoms with Gasteiger partial charge in [-0.3, -0.25) is 0 Å². The highest BCUT2D eigenvalue weighted by Gasteiger charge is 2.37. The first-order valence-electron chi connectivity index (χ1n) is 32.8. The number of para-hydroxylation sites is 2. The third-order valence-electron chi connectivity index (χ3n) is 19.3. The largest absolute Gasteiger partial charge is 0.310 e. The van der Waals surface area contributed by atoms with E-state index in [1.165, 1.54) is 65.3 Å². The van der Waals surface area contributed by atoms with Crippen LogP contribution in [0.4, 0.5) is 68.2 Å². The van der Waals surface area contributed by atoms with Gasteiger partial charge >= 0.3 is 0 Å². The molecule has 0 spiro atoms. The van der Waals surface area contributed by atoms with Gasteiger partial charge in [-0.05, 0) is 233 Å². The first kappa shape index (κ1) is 56.7. The molecule has 0 N–H and O–H groups in total. The molecule has 16 aromatic carbocycles. The molecule has 4 nitrogen and oxygen atoms in total. The quantitative estimate of drug-likeness (QED) is 0.108. The summed E-state index contributed by atoms with van der Waals surface area (Å²) in [5.41, 5.74) is 22.7. The minimum Gasteiger partial charge on any atom is -0.310 e. The predicted molar refractivity (Wildman–Crippen MR) is 404 cm³/mol. The summed E-state index contributed by atoms with van der Waals surface area (Å²) in [4.78, 5) is 9.53. The van der Waals surface area contributed by atoms with E-state index in [4.69, 9.17) is 0 Å². The standard InChI is InChI=1S/C91H66N4/c1-91(2)89-61-85(94(83-51-39-65-19-11-15-23-73(65)59-83)79-45-33-69(34-46-79)67-29-41-77(42-30-67)92(75-25-5-3-6-26-75)81-49-37-63-17-9-13-21-71(63)57-81)53-55-87(89)88-56-54-86(62-90(88)91)95(84-52-40-66-20-12-16-24-74(66)60-84)80-47-35-70(36-48-80)68-31-43-78(44-32-68)93(76-27-7-4-8-28-76)82-50-38-64-18-10-14-22-72(64)58-82/h3-62H,1-2H3. The van der Waals surface area contributed by atoms with Gasteiger partial charge in [0.2, 0.25) is 0 Å². The Kier molecular flexibility index (Phi) is 14.2. The first-order valence-corrected chi connectivity index (χ1v) is 32.8. The van der Waals surface area contributed by atoms with Crippen LogP contribution in [0.1, 0.15) is 25.0 Å². The fourth-order valence-electron chi connectivity index (χ4n) is 14.4. The second-order valence-electron chi connectivity index (χ2n) is 25.4. The third kappa shape index (κ3) is 10.6. The van der Waals surface area contributed by atoms with Crippen molar-refractivity contribution in [1.82, 2.24) is 0 Å². The average molecular weight is 1220 g/mol. The predicted octanol–water partition coefficient (Wildman–Crippen LogP) is 25.8. The van der Waals surface area contributed by atoms with Gasteiger partial charge in [0.1, 0.15) is 0 Å². The van der Waals surface area contributed by atoms with Crippen LogP contribution in [0.3, 0.4) is 0 Å². The van der Waals surface area contributed by atoms with Crippen molar-refractivity contribution < 1.29 is 0 Å². The molecule has 0 unspecified atom stereocenters. The molecule has 0 aliphatic heterocycles. The minimum atomic E-state index is -0.332. The van der Waals surface area contributed by atoms with Crippen molar-refractivity contribution in [2.45, 2.75) is 19.3 Å². The van der Waals surface area contributed by atoms with Crippen molar-refractivity contribution in [2.75, 3.05) is 19.6 Å². The van der Waals surface area contributed by atoms with Crippen LogP contribution in [-0.4, -0.2) is 0 Å². The second kappa shape index (κ2) is 23.8. The van der Waals surface area contributed by atoms with Crippen LogP contribution in [0.5, 0.6) is 0 Å². The molecule has 1 aliphatic carbocycles. The van der Waals surface area contributed by atoms with Crippen LogP contribution < -0.4 is 19.6 Å². The number of nitrogens with zero attached hydrogens (tertiary/aromatic N) is 4. The highest BCUT2D eigenvalue weighted by molar-refractivity contribution is 5.96. The topological polar surface area (TPSA) is 13.0 Å². The Labute approximate surface area is 555 Å². The molecule has 0 saturated carbocycles. The maximum absolute atomic E-state index is 2.44. The van der Waals surface area contributed by atoms with Gasteiger partial charge in [-0.2, -0.15) is 0 Å². The zero-order valence-electron chi connectivity index (χ0n) is 52.9. The number of hydrogen-bond acceptors (Lipinski definition) is 4. The molecular weight excluding hydrogens is 1150 g/mol. The van der Waals surface area contributed by atoms with Gasteiger partial charge < -0.3 is 19.6 Å². The summed E-state index contributed by atoms with van der Waals surface area (Å²) in [6, 6.07) is 133. The lowest BCUT2D eigenvalue weighted by Gasteiger charge is -2.29. The van der Waals surface area contributed by atoms with Crippen LogP contribution in [0.15, 0.2) is 364 Å². The summed E-state index contributed by atoms with van der Waals surface area (Å²) >= 11 is 0. The average Bonchev–Trinajstić information content (AvgIpc) is 1.58. The molecule has 17 rings (SSSR count).